The van der Waals surface area contributed by atoms with E-state index in [9.17, 15) is 9.90 Å². The van der Waals surface area contributed by atoms with Crippen molar-refractivity contribution in [3.8, 4) is 5.75 Å². The Bertz CT molecular complexity index is 868. The first kappa shape index (κ1) is 16.4. The molecule has 0 atom stereocenters. The summed E-state index contributed by atoms with van der Waals surface area (Å²) in [5, 5.41) is 13.5. The second-order valence-electron chi connectivity index (χ2n) is 5.70. The summed E-state index contributed by atoms with van der Waals surface area (Å²) in [7, 11) is 0. The Morgan fingerprint density at radius 1 is 1.21 bits per heavy atom. The lowest BCUT2D eigenvalue weighted by atomic mass is 10.1. The van der Waals surface area contributed by atoms with Crippen molar-refractivity contribution in [3.05, 3.63) is 64.4 Å². The fraction of sp³-hybridized carbons (Fsp3) is 0.211. The van der Waals surface area contributed by atoms with Gasteiger partial charge in [0.15, 0.2) is 11.3 Å². The summed E-state index contributed by atoms with van der Waals surface area (Å²) in [6, 6.07) is 12.6. The van der Waals surface area contributed by atoms with Crippen LogP contribution in [0.5, 0.6) is 5.75 Å². The molecule has 0 unspecified atom stereocenters. The summed E-state index contributed by atoms with van der Waals surface area (Å²) in [6.07, 6.45) is 1.63. The van der Waals surface area contributed by atoms with Crippen LogP contribution in [0, 0.1) is 6.92 Å². The molecule has 0 fully saturated rings. The zero-order chi connectivity index (χ0) is 17.1. The molecule has 24 heavy (non-hydrogen) atoms. The van der Waals surface area contributed by atoms with Gasteiger partial charge in [-0.3, -0.25) is 4.79 Å². The number of nitrogens with one attached hydrogen (secondary N) is 1. The van der Waals surface area contributed by atoms with Gasteiger partial charge in [0.2, 0.25) is 0 Å². The van der Waals surface area contributed by atoms with Gasteiger partial charge < -0.3 is 14.8 Å². The minimum atomic E-state index is -0.231. The normalized spacial score (nSPS) is 10.9. The van der Waals surface area contributed by atoms with Gasteiger partial charge >= 0.3 is 0 Å². The second-order valence-corrected chi connectivity index (χ2v) is 6.11. The molecule has 1 heterocycles. The molecule has 1 aromatic heterocycles. The molecule has 2 aromatic carbocycles. The third kappa shape index (κ3) is 3.39. The van der Waals surface area contributed by atoms with E-state index in [1.165, 1.54) is 0 Å². The quantitative estimate of drug-likeness (QED) is 0.672. The van der Waals surface area contributed by atoms with Gasteiger partial charge in [-0.05, 0) is 43.5 Å². The first-order chi connectivity index (χ1) is 11.6. The number of halogens is 1. The number of carbonyl (C=O) groups is 1. The van der Waals surface area contributed by atoms with Crippen LogP contribution in [0.3, 0.4) is 0 Å². The van der Waals surface area contributed by atoms with E-state index in [4.69, 9.17) is 16.0 Å². The number of rotatable bonds is 5. The Morgan fingerprint density at radius 3 is 2.67 bits per heavy atom. The van der Waals surface area contributed by atoms with E-state index in [2.05, 4.69) is 5.32 Å². The highest BCUT2D eigenvalue weighted by molar-refractivity contribution is 6.35. The summed E-state index contributed by atoms with van der Waals surface area (Å²) in [5.74, 6) is 0.333. The number of phenolic OH excluding ortho intramolecular Hbond substituents is 1. The Hall–Kier alpha value is -2.46. The van der Waals surface area contributed by atoms with Crippen LogP contribution in [0.25, 0.3) is 11.0 Å². The molecular weight excluding hydrogens is 326 g/mol. The molecule has 0 radical (unpaired) electrons. The molecule has 0 bridgehead atoms. The zero-order valence-electron chi connectivity index (χ0n) is 13.3. The monoisotopic (exact) mass is 343 g/mol. The topological polar surface area (TPSA) is 62.5 Å². The van der Waals surface area contributed by atoms with Gasteiger partial charge in [0, 0.05) is 17.5 Å². The summed E-state index contributed by atoms with van der Waals surface area (Å²) in [5.41, 5.74) is 2.46. The Morgan fingerprint density at radius 2 is 1.96 bits per heavy atom. The molecule has 0 aliphatic heterocycles. The van der Waals surface area contributed by atoms with Crippen LogP contribution in [-0.2, 0) is 6.42 Å². The number of hydrogen-bond acceptors (Lipinski definition) is 3. The van der Waals surface area contributed by atoms with Crippen LogP contribution in [0.15, 0.2) is 46.9 Å². The molecule has 1 amide bonds. The third-order valence-electron chi connectivity index (χ3n) is 3.99. The van der Waals surface area contributed by atoms with E-state index < -0.39 is 0 Å². The maximum atomic E-state index is 12.3. The molecule has 4 nitrogen and oxygen atoms in total. The van der Waals surface area contributed by atoms with Crippen molar-refractivity contribution in [2.45, 2.75) is 19.8 Å². The lowest BCUT2D eigenvalue weighted by Crippen LogP contribution is -2.24. The first-order valence-corrected chi connectivity index (χ1v) is 8.18. The van der Waals surface area contributed by atoms with Crippen molar-refractivity contribution < 1.29 is 14.3 Å². The number of aromatic hydroxyl groups is 1. The summed E-state index contributed by atoms with van der Waals surface area (Å²) in [6.45, 7) is 2.40. The number of furan rings is 1. The van der Waals surface area contributed by atoms with Crippen molar-refractivity contribution in [3.63, 3.8) is 0 Å². The van der Waals surface area contributed by atoms with Gasteiger partial charge in [-0.25, -0.2) is 0 Å². The average Bonchev–Trinajstić information content (AvgIpc) is 2.92. The third-order valence-corrected chi connectivity index (χ3v) is 4.28. The van der Waals surface area contributed by atoms with Crippen LogP contribution >= 0.6 is 11.6 Å². The number of amides is 1. The van der Waals surface area contributed by atoms with Crippen LogP contribution in [0.4, 0.5) is 0 Å². The molecule has 0 saturated heterocycles. The second kappa shape index (κ2) is 6.97. The Balaban J connectivity index is 1.60. The number of carbonyl (C=O) groups excluding carboxylic acids is 1. The zero-order valence-corrected chi connectivity index (χ0v) is 14.1. The molecule has 3 aromatic rings. The van der Waals surface area contributed by atoms with Gasteiger partial charge in [0.25, 0.3) is 5.91 Å². The summed E-state index contributed by atoms with van der Waals surface area (Å²) in [4.78, 5) is 12.3. The van der Waals surface area contributed by atoms with E-state index in [-0.39, 0.29) is 11.7 Å². The fourth-order valence-corrected chi connectivity index (χ4v) is 2.88. The molecule has 0 aliphatic rings. The van der Waals surface area contributed by atoms with Gasteiger partial charge in [0.05, 0.1) is 5.02 Å². The van der Waals surface area contributed by atoms with Crippen LogP contribution in [0.2, 0.25) is 5.02 Å². The summed E-state index contributed by atoms with van der Waals surface area (Å²) < 4.78 is 5.65. The Labute approximate surface area is 145 Å². The molecule has 0 saturated carbocycles. The maximum absolute atomic E-state index is 12.3. The number of para-hydroxylation sites is 1. The first-order valence-electron chi connectivity index (χ1n) is 7.80. The van der Waals surface area contributed by atoms with E-state index in [1.54, 1.807) is 18.2 Å². The highest BCUT2D eigenvalue weighted by atomic mass is 35.5. The van der Waals surface area contributed by atoms with Gasteiger partial charge in [-0.15, -0.1) is 0 Å². The van der Waals surface area contributed by atoms with E-state index in [0.717, 1.165) is 29.4 Å². The molecule has 2 N–H and O–H groups in total. The minimum absolute atomic E-state index is 0.231. The van der Waals surface area contributed by atoms with Crippen molar-refractivity contribution in [2.24, 2.45) is 0 Å². The van der Waals surface area contributed by atoms with Crippen LogP contribution < -0.4 is 5.32 Å². The van der Waals surface area contributed by atoms with Gasteiger partial charge in [-0.2, -0.15) is 0 Å². The molecule has 3 rings (SSSR count). The van der Waals surface area contributed by atoms with Crippen molar-refractivity contribution in [1.82, 2.24) is 5.32 Å². The number of hydrogen-bond donors (Lipinski definition) is 2. The van der Waals surface area contributed by atoms with Crippen molar-refractivity contribution >= 4 is 28.5 Å². The van der Waals surface area contributed by atoms with Crippen LogP contribution in [-0.4, -0.2) is 17.6 Å². The number of phenols is 1. The van der Waals surface area contributed by atoms with E-state index in [1.807, 2.05) is 31.2 Å². The average molecular weight is 344 g/mol. The largest absolute Gasteiger partial charge is 0.508 e. The molecular formula is C19H18ClNO3. The highest BCUT2D eigenvalue weighted by Gasteiger charge is 2.18. The predicted octanol–water partition coefficient (Wildman–Crippen LogP) is 4.46. The number of fused-ring (bicyclic) bond motifs is 1. The molecule has 5 heteroatoms. The van der Waals surface area contributed by atoms with Crippen molar-refractivity contribution in [1.29, 1.82) is 0 Å². The van der Waals surface area contributed by atoms with Gasteiger partial charge in [0.1, 0.15) is 5.75 Å². The van der Waals surface area contributed by atoms with Crippen molar-refractivity contribution in [2.75, 3.05) is 6.54 Å². The molecule has 124 valence electrons. The SMILES string of the molecule is Cc1c(C(=O)NCCCc2ccc(O)cc2)oc2c(Cl)cccc12. The molecule has 0 aliphatic carbocycles. The molecule has 0 spiro atoms. The van der Waals surface area contributed by atoms with Crippen LogP contribution in [0.1, 0.15) is 28.1 Å². The maximum Gasteiger partial charge on any atom is 0.287 e. The van der Waals surface area contributed by atoms with E-state index in [0.29, 0.717) is 22.9 Å². The highest BCUT2D eigenvalue weighted by Crippen LogP contribution is 2.30. The summed E-state index contributed by atoms with van der Waals surface area (Å²) >= 11 is 6.11. The lowest BCUT2D eigenvalue weighted by Gasteiger charge is -2.04. The lowest BCUT2D eigenvalue weighted by molar-refractivity contribution is 0.0927. The smallest absolute Gasteiger partial charge is 0.287 e. The fourth-order valence-electron chi connectivity index (χ4n) is 2.66. The standard InChI is InChI=1S/C19H18ClNO3/c1-12-15-5-2-6-16(20)18(15)24-17(12)19(23)21-11-3-4-13-7-9-14(22)10-8-13/h2,5-10,22H,3-4,11H2,1H3,(H,21,23). The predicted molar refractivity (Wildman–Crippen MR) is 94.7 cm³/mol. The number of aryl methyl sites for hydroxylation is 2. The Kier molecular flexibility index (Phi) is 4.76. The van der Waals surface area contributed by atoms with Gasteiger partial charge in [-0.1, -0.05) is 35.9 Å². The number of benzene rings is 2. The van der Waals surface area contributed by atoms with E-state index >= 15 is 0 Å². The minimum Gasteiger partial charge on any atom is -0.508 e.